The van der Waals surface area contributed by atoms with E-state index in [1.54, 1.807) is 6.33 Å². The molecule has 47 heavy (non-hydrogen) atoms. The molecule has 0 aliphatic carbocycles. The molecule has 0 unspecified atom stereocenters. The van der Waals surface area contributed by atoms with E-state index in [-0.39, 0.29) is 0 Å². The fourth-order valence-corrected chi connectivity index (χ4v) is 7.12. The molecule has 0 bridgehead atoms. The minimum Gasteiger partial charge on any atom is -0.242 e. The van der Waals surface area contributed by atoms with Crippen molar-refractivity contribution in [1.82, 2.24) is 9.97 Å². The van der Waals surface area contributed by atoms with Crippen LogP contribution in [0.5, 0.6) is 0 Å². The molecule has 2 heteroatoms. The van der Waals surface area contributed by atoms with Gasteiger partial charge in [-0.25, -0.2) is 9.97 Å². The summed E-state index contributed by atoms with van der Waals surface area (Å²) in [7, 11) is 0. The van der Waals surface area contributed by atoms with Crippen LogP contribution < -0.4 is 0 Å². The molecular formula is C45H30N2. The molecular weight excluding hydrogens is 569 g/mol. The van der Waals surface area contributed by atoms with Gasteiger partial charge in [0.1, 0.15) is 6.33 Å². The minimum absolute atomic E-state index is 0.938. The summed E-state index contributed by atoms with van der Waals surface area (Å²) in [6, 6.07) is 57.6. The topological polar surface area (TPSA) is 25.8 Å². The monoisotopic (exact) mass is 598 g/mol. The highest BCUT2D eigenvalue weighted by molar-refractivity contribution is 6.22. The Bertz CT molecular complexity index is 2630. The van der Waals surface area contributed by atoms with Crippen molar-refractivity contribution in [1.29, 1.82) is 0 Å². The third kappa shape index (κ3) is 4.74. The second kappa shape index (κ2) is 11.0. The Morgan fingerprint density at radius 1 is 0.340 bits per heavy atom. The van der Waals surface area contributed by atoms with Crippen LogP contribution in [-0.2, 0) is 0 Å². The van der Waals surface area contributed by atoms with Gasteiger partial charge in [-0.05, 0) is 108 Å². The van der Waals surface area contributed by atoms with Gasteiger partial charge in [0.15, 0.2) is 0 Å². The first-order chi connectivity index (χ1) is 23.2. The van der Waals surface area contributed by atoms with Crippen LogP contribution in [-0.4, -0.2) is 9.97 Å². The molecule has 220 valence electrons. The summed E-state index contributed by atoms with van der Waals surface area (Å²) in [5.74, 6) is 0. The van der Waals surface area contributed by atoms with E-state index < -0.39 is 0 Å². The van der Waals surface area contributed by atoms with E-state index in [1.807, 2.05) is 13.0 Å². The van der Waals surface area contributed by atoms with Gasteiger partial charge in [0.25, 0.3) is 0 Å². The van der Waals surface area contributed by atoms with Crippen LogP contribution in [0.1, 0.15) is 5.69 Å². The van der Waals surface area contributed by atoms with Gasteiger partial charge in [-0.3, -0.25) is 0 Å². The number of fused-ring (bicyclic) bond motifs is 4. The standard InChI is InChI=1S/C45H30N2/c1-29-24-43(47-28-46-29)33-18-14-32(15-19-33)36-22-23-41-42(27-36)45(38-21-17-31-9-3-5-11-35(31)26-38)40-13-7-6-12-39(40)44(41)37-20-16-30-8-2-4-10-34(30)25-37/h2-28H,1H3. The SMILES string of the molecule is Cc1cc(-c2ccc(-c3ccc4c(-c5ccc6ccccc6c5)c5ccccc5c(-c5ccc6ccccc6c5)c4c3)cc2)ncn1. The van der Waals surface area contributed by atoms with Crippen molar-refractivity contribution in [3.05, 3.63) is 170 Å². The molecule has 0 fully saturated rings. The van der Waals surface area contributed by atoms with Crippen molar-refractivity contribution in [3.8, 4) is 44.6 Å². The highest BCUT2D eigenvalue weighted by atomic mass is 14.8. The van der Waals surface area contributed by atoms with E-state index in [0.717, 1.165) is 17.0 Å². The Labute approximate surface area is 273 Å². The van der Waals surface area contributed by atoms with E-state index >= 15 is 0 Å². The van der Waals surface area contributed by atoms with E-state index in [4.69, 9.17) is 0 Å². The van der Waals surface area contributed by atoms with Crippen LogP contribution in [0.3, 0.4) is 0 Å². The summed E-state index contributed by atoms with van der Waals surface area (Å²) in [6.45, 7) is 2.00. The average Bonchev–Trinajstić information content (AvgIpc) is 3.13. The van der Waals surface area contributed by atoms with Crippen LogP contribution in [0.25, 0.3) is 87.7 Å². The molecule has 0 spiro atoms. The van der Waals surface area contributed by atoms with Gasteiger partial charge < -0.3 is 0 Å². The first kappa shape index (κ1) is 27.2. The molecule has 2 nitrogen and oxygen atoms in total. The van der Waals surface area contributed by atoms with E-state index in [9.17, 15) is 0 Å². The lowest BCUT2D eigenvalue weighted by molar-refractivity contribution is 1.11. The van der Waals surface area contributed by atoms with E-state index in [2.05, 4.69) is 162 Å². The Morgan fingerprint density at radius 2 is 0.830 bits per heavy atom. The van der Waals surface area contributed by atoms with Crippen molar-refractivity contribution < 1.29 is 0 Å². The van der Waals surface area contributed by atoms with Crippen LogP contribution in [0.15, 0.2) is 164 Å². The fourth-order valence-electron chi connectivity index (χ4n) is 7.12. The minimum atomic E-state index is 0.938. The Kier molecular flexibility index (Phi) is 6.39. The van der Waals surface area contributed by atoms with Crippen molar-refractivity contribution >= 4 is 43.1 Å². The van der Waals surface area contributed by atoms with Crippen molar-refractivity contribution in [2.45, 2.75) is 6.92 Å². The van der Waals surface area contributed by atoms with Crippen molar-refractivity contribution in [3.63, 3.8) is 0 Å². The molecule has 0 radical (unpaired) electrons. The number of nitrogens with zero attached hydrogens (tertiary/aromatic N) is 2. The smallest absolute Gasteiger partial charge is 0.116 e. The highest BCUT2D eigenvalue weighted by Gasteiger charge is 2.18. The van der Waals surface area contributed by atoms with Gasteiger partial charge in [0, 0.05) is 11.3 Å². The first-order valence-electron chi connectivity index (χ1n) is 16.1. The predicted octanol–water partition coefficient (Wildman–Crippen LogP) is 12.1. The summed E-state index contributed by atoms with van der Waals surface area (Å²) in [5, 5.41) is 10.00. The summed E-state index contributed by atoms with van der Waals surface area (Å²) in [6.07, 6.45) is 1.63. The third-order valence-corrected chi connectivity index (χ3v) is 9.42. The third-order valence-electron chi connectivity index (χ3n) is 9.42. The normalized spacial score (nSPS) is 11.5. The highest BCUT2D eigenvalue weighted by Crippen LogP contribution is 2.45. The maximum absolute atomic E-state index is 4.50. The summed E-state index contributed by atoms with van der Waals surface area (Å²) >= 11 is 0. The quantitative estimate of drug-likeness (QED) is 0.188. The molecule has 0 saturated carbocycles. The Hall–Kier alpha value is -6.12. The van der Waals surface area contributed by atoms with E-state index in [1.165, 1.54) is 76.5 Å². The van der Waals surface area contributed by atoms with Crippen LogP contribution >= 0.6 is 0 Å². The summed E-state index contributed by atoms with van der Waals surface area (Å²) in [5.41, 5.74) is 10.3. The number of benzene rings is 8. The lowest BCUT2D eigenvalue weighted by atomic mass is 9.84. The molecule has 0 aliphatic rings. The number of aromatic nitrogens is 2. The largest absolute Gasteiger partial charge is 0.242 e. The first-order valence-corrected chi connectivity index (χ1v) is 16.1. The van der Waals surface area contributed by atoms with E-state index in [0.29, 0.717) is 0 Å². The van der Waals surface area contributed by atoms with Gasteiger partial charge in [0.2, 0.25) is 0 Å². The summed E-state index contributed by atoms with van der Waals surface area (Å²) < 4.78 is 0. The number of rotatable bonds is 4. The molecule has 1 heterocycles. The van der Waals surface area contributed by atoms with Gasteiger partial charge in [-0.2, -0.15) is 0 Å². The number of hydrogen-bond donors (Lipinski definition) is 0. The van der Waals surface area contributed by atoms with Gasteiger partial charge in [-0.1, -0.05) is 133 Å². The lowest BCUT2D eigenvalue weighted by Gasteiger charge is -2.19. The molecule has 0 amide bonds. The fraction of sp³-hybridized carbons (Fsp3) is 0.0222. The maximum atomic E-state index is 4.50. The molecule has 0 atom stereocenters. The average molecular weight is 599 g/mol. The van der Waals surface area contributed by atoms with Gasteiger partial charge in [-0.15, -0.1) is 0 Å². The number of hydrogen-bond acceptors (Lipinski definition) is 2. The number of aryl methyl sites for hydroxylation is 1. The van der Waals surface area contributed by atoms with Crippen molar-refractivity contribution in [2.75, 3.05) is 0 Å². The second-order valence-electron chi connectivity index (χ2n) is 12.3. The zero-order valence-corrected chi connectivity index (χ0v) is 26.0. The van der Waals surface area contributed by atoms with Gasteiger partial charge in [0.05, 0.1) is 5.69 Å². The molecule has 8 aromatic carbocycles. The Morgan fingerprint density at radius 3 is 1.45 bits per heavy atom. The summed E-state index contributed by atoms with van der Waals surface area (Å²) in [4.78, 5) is 8.76. The molecule has 9 rings (SSSR count). The maximum Gasteiger partial charge on any atom is 0.116 e. The molecule has 9 aromatic rings. The van der Waals surface area contributed by atoms with Crippen LogP contribution in [0.2, 0.25) is 0 Å². The lowest BCUT2D eigenvalue weighted by Crippen LogP contribution is -1.92. The second-order valence-corrected chi connectivity index (χ2v) is 12.3. The zero-order valence-electron chi connectivity index (χ0n) is 26.0. The van der Waals surface area contributed by atoms with Crippen LogP contribution in [0.4, 0.5) is 0 Å². The molecule has 0 aliphatic heterocycles. The van der Waals surface area contributed by atoms with Crippen LogP contribution in [0, 0.1) is 6.92 Å². The zero-order chi connectivity index (χ0) is 31.3. The molecule has 0 saturated heterocycles. The molecule has 0 N–H and O–H groups in total. The Balaban J connectivity index is 1.32. The van der Waals surface area contributed by atoms with Gasteiger partial charge >= 0.3 is 0 Å². The predicted molar refractivity (Wildman–Crippen MR) is 199 cm³/mol. The molecule has 1 aromatic heterocycles. The van der Waals surface area contributed by atoms with Crippen molar-refractivity contribution in [2.24, 2.45) is 0 Å².